The zero-order valence-corrected chi connectivity index (χ0v) is 19.2. The Morgan fingerprint density at radius 1 is 0.966 bits per heavy atom. The Bertz CT molecular complexity index is 929. The molecule has 4 nitrogen and oxygen atoms in total. The highest BCUT2D eigenvalue weighted by molar-refractivity contribution is 6.06. The lowest BCUT2D eigenvalue weighted by Crippen LogP contribution is -2.30. The largest absolute Gasteiger partial charge is 0.351 e. The first-order valence-electron chi connectivity index (χ1n) is 11.0. The van der Waals surface area contributed by atoms with E-state index in [4.69, 9.17) is 0 Å². The summed E-state index contributed by atoms with van der Waals surface area (Å²) in [5, 5.41) is 3.13. The summed E-state index contributed by atoms with van der Waals surface area (Å²) in [6.07, 6.45) is 5.39. The third-order valence-electron chi connectivity index (χ3n) is 5.92. The molecule has 0 aliphatic heterocycles. The number of hydrogen-bond acceptors (Lipinski definition) is 2. The summed E-state index contributed by atoms with van der Waals surface area (Å²) in [6, 6.07) is 4.40. The molecule has 1 amide bonds. The molecule has 0 unspecified atom stereocenters. The highest BCUT2D eigenvalue weighted by Crippen LogP contribution is 2.27. The molecule has 0 fully saturated rings. The minimum atomic E-state index is -0.287. The predicted octanol–water partition coefficient (Wildman–Crippen LogP) is 5.28. The number of aromatic nitrogens is 1. The van der Waals surface area contributed by atoms with Gasteiger partial charge in [0, 0.05) is 29.7 Å². The van der Waals surface area contributed by atoms with Gasteiger partial charge < -0.3 is 9.88 Å². The number of amides is 1. The fourth-order valence-electron chi connectivity index (χ4n) is 4.04. The zero-order valence-electron chi connectivity index (χ0n) is 19.2. The minimum Gasteiger partial charge on any atom is -0.351 e. The van der Waals surface area contributed by atoms with E-state index in [1.807, 2.05) is 18.5 Å². The third kappa shape index (κ3) is 4.63. The van der Waals surface area contributed by atoms with E-state index in [2.05, 4.69) is 45.1 Å². The molecule has 1 aromatic heterocycles. The zero-order chi connectivity index (χ0) is 21.7. The number of carbonyl (C=O) groups excluding carboxylic acids is 1. The molecule has 29 heavy (non-hydrogen) atoms. The molecule has 0 saturated carbocycles. The summed E-state index contributed by atoms with van der Waals surface area (Å²) in [7, 11) is 1.94. The van der Waals surface area contributed by atoms with E-state index < -0.39 is 0 Å². The van der Waals surface area contributed by atoms with E-state index in [0.29, 0.717) is 17.5 Å². The number of carbonyl (C=O) groups is 1. The third-order valence-corrected chi connectivity index (χ3v) is 5.92. The molecule has 158 valence electrons. The summed E-state index contributed by atoms with van der Waals surface area (Å²) < 4.78 is 2.00. The number of benzene rings is 1. The van der Waals surface area contributed by atoms with E-state index >= 15 is 0 Å². The van der Waals surface area contributed by atoms with Gasteiger partial charge in [-0.1, -0.05) is 52.7 Å². The van der Waals surface area contributed by atoms with Gasteiger partial charge in [-0.25, -0.2) is 0 Å². The Morgan fingerprint density at radius 2 is 1.52 bits per heavy atom. The lowest BCUT2D eigenvalue weighted by molar-refractivity contribution is 0.102. The molecule has 1 heterocycles. The van der Waals surface area contributed by atoms with E-state index in [-0.39, 0.29) is 11.3 Å². The highest BCUT2D eigenvalue weighted by Gasteiger charge is 2.22. The predicted molar refractivity (Wildman–Crippen MR) is 122 cm³/mol. The van der Waals surface area contributed by atoms with Crippen LogP contribution >= 0.6 is 0 Å². The summed E-state index contributed by atoms with van der Waals surface area (Å²) in [6.45, 7) is 12.2. The molecule has 0 radical (unpaired) electrons. The summed E-state index contributed by atoms with van der Waals surface area (Å²) in [5.41, 5.74) is 6.98. The summed E-state index contributed by atoms with van der Waals surface area (Å²) in [5.74, 6) is -0.287. The molecule has 0 atom stereocenters. The second kappa shape index (κ2) is 9.91. The Labute approximate surface area is 175 Å². The van der Waals surface area contributed by atoms with E-state index in [1.54, 1.807) is 6.92 Å². The van der Waals surface area contributed by atoms with Gasteiger partial charge in [0.15, 0.2) is 5.43 Å². The van der Waals surface area contributed by atoms with Crippen LogP contribution in [0.3, 0.4) is 0 Å². The van der Waals surface area contributed by atoms with Crippen LogP contribution in [0.2, 0.25) is 0 Å². The normalized spacial score (nSPS) is 11.0. The molecule has 0 aliphatic rings. The van der Waals surface area contributed by atoms with E-state index in [0.717, 1.165) is 60.3 Å². The van der Waals surface area contributed by atoms with Crippen molar-refractivity contribution in [3.8, 4) is 0 Å². The Morgan fingerprint density at radius 3 is 2.00 bits per heavy atom. The van der Waals surface area contributed by atoms with Gasteiger partial charge in [-0.05, 0) is 56.2 Å². The van der Waals surface area contributed by atoms with Crippen LogP contribution < -0.4 is 10.7 Å². The molecule has 1 N–H and O–H groups in total. The molecular weight excluding hydrogens is 360 g/mol. The summed E-state index contributed by atoms with van der Waals surface area (Å²) >= 11 is 0. The van der Waals surface area contributed by atoms with Gasteiger partial charge >= 0.3 is 0 Å². The second-order valence-electron chi connectivity index (χ2n) is 7.87. The highest BCUT2D eigenvalue weighted by atomic mass is 16.2. The van der Waals surface area contributed by atoms with Crippen molar-refractivity contribution in [3.63, 3.8) is 0 Å². The number of pyridine rings is 1. The van der Waals surface area contributed by atoms with Crippen LogP contribution in [0.15, 0.2) is 16.9 Å². The van der Waals surface area contributed by atoms with E-state index in [1.165, 1.54) is 5.56 Å². The monoisotopic (exact) mass is 396 g/mol. The van der Waals surface area contributed by atoms with Crippen LogP contribution in [-0.2, 0) is 32.7 Å². The van der Waals surface area contributed by atoms with Crippen molar-refractivity contribution in [1.82, 2.24) is 4.57 Å². The lowest BCUT2D eigenvalue weighted by atomic mass is 9.96. The fraction of sp³-hybridized carbons (Fsp3) is 0.520. The maximum atomic E-state index is 13.4. The van der Waals surface area contributed by atoms with Gasteiger partial charge in [-0.2, -0.15) is 0 Å². The average molecular weight is 397 g/mol. The average Bonchev–Trinajstić information content (AvgIpc) is 2.71. The Hall–Kier alpha value is -2.36. The van der Waals surface area contributed by atoms with Gasteiger partial charge in [0.25, 0.3) is 5.91 Å². The maximum Gasteiger partial charge on any atom is 0.261 e. The molecule has 1 aromatic carbocycles. The number of aryl methyl sites for hydroxylation is 3. The molecule has 2 rings (SSSR count). The second-order valence-corrected chi connectivity index (χ2v) is 7.87. The van der Waals surface area contributed by atoms with Gasteiger partial charge in [0.2, 0.25) is 0 Å². The SMILES string of the molecule is CCCc1cc(CC)c(NC(=O)c2c(CCC)n(C)c(C)c(C)c2=O)c(CC)c1. The molecular formula is C25H36N2O2. The van der Waals surface area contributed by atoms with Gasteiger partial charge in [0.1, 0.15) is 5.56 Å². The van der Waals surface area contributed by atoms with E-state index in [9.17, 15) is 9.59 Å². The molecule has 2 aromatic rings. The van der Waals surface area contributed by atoms with Crippen molar-refractivity contribution in [1.29, 1.82) is 0 Å². The lowest BCUT2D eigenvalue weighted by Gasteiger charge is -2.20. The van der Waals surface area contributed by atoms with Crippen LogP contribution in [0.5, 0.6) is 0 Å². The topological polar surface area (TPSA) is 51.1 Å². The number of nitrogens with zero attached hydrogens (tertiary/aromatic N) is 1. The van der Waals surface area contributed by atoms with Crippen molar-refractivity contribution in [3.05, 3.63) is 61.6 Å². The maximum absolute atomic E-state index is 13.4. The Balaban J connectivity index is 2.60. The van der Waals surface area contributed by atoms with Crippen LogP contribution in [0, 0.1) is 13.8 Å². The number of rotatable bonds is 8. The van der Waals surface area contributed by atoms with Crippen molar-refractivity contribution in [2.75, 3.05) is 5.32 Å². The minimum absolute atomic E-state index is 0.153. The van der Waals surface area contributed by atoms with Crippen LogP contribution in [0.1, 0.15) is 84.5 Å². The molecule has 0 spiro atoms. The van der Waals surface area contributed by atoms with Crippen molar-refractivity contribution in [2.24, 2.45) is 7.05 Å². The molecule has 4 heteroatoms. The first-order valence-corrected chi connectivity index (χ1v) is 11.0. The molecule has 0 saturated heterocycles. The van der Waals surface area contributed by atoms with Crippen molar-refractivity contribution in [2.45, 2.75) is 80.1 Å². The van der Waals surface area contributed by atoms with Crippen LogP contribution in [-0.4, -0.2) is 10.5 Å². The van der Waals surface area contributed by atoms with Gasteiger partial charge in [0.05, 0.1) is 0 Å². The van der Waals surface area contributed by atoms with Crippen LogP contribution in [0.25, 0.3) is 0 Å². The fourth-order valence-corrected chi connectivity index (χ4v) is 4.04. The quantitative estimate of drug-likeness (QED) is 0.659. The van der Waals surface area contributed by atoms with Crippen molar-refractivity contribution >= 4 is 11.6 Å². The molecule has 0 bridgehead atoms. The van der Waals surface area contributed by atoms with Crippen molar-refractivity contribution < 1.29 is 4.79 Å². The summed E-state index contributed by atoms with van der Waals surface area (Å²) in [4.78, 5) is 26.4. The Kier molecular flexibility index (Phi) is 7.83. The number of anilines is 1. The standard InChI is InChI=1S/C25H36N2O2/c1-8-12-18-14-19(10-3)23(20(11-4)15-18)26-25(29)22-21(13-9-2)27(7)17(6)16(5)24(22)28/h14-15H,8-13H2,1-7H3,(H,26,29). The first-order chi connectivity index (χ1) is 13.8. The molecule has 0 aliphatic carbocycles. The van der Waals surface area contributed by atoms with Crippen LogP contribution in [0.4, 0.5) is 5.69 Å². The van der Waals surface area contributed by atoms with Gasteiger partial charge in [-0.15, -0.1) is 0 Å². The smallest absolute Gasteiger partial charge is 0.261 e. The first kappa shape index (κ1) is 22.9. The number of hydrogen-bond donors (Lipinski definition) is 1. The number of nitrogens with one attached hydrogen (secondary N) is 1. The van der Waals surface area contributed by atoms with Gasteiger partial charge in [-0.3, -0.25) is 9.59 Å².